The second kappa shape index (κ2) is 7.08. The molecule has 7 heteroatoms. The Hall–Kier alpha value is -0.950. The Morgan fingerprint density at radius 1 is 1.41 bits per heavy atom. The molecule has 0 saturated carbocycles. The molecule has 1 atom stereocenters. The Morgan fingerprint density at radius 3 is 2.95 bits per heavy atom. The van der Waals surface area contributed by atoms with Crippen LogP contribution in [0.2, 0.25) is 5.02 Å². The number of hydrogen-bond acceptors (Lipinski definition) is 5. The molecule has 2 aromatic rings. The van der Waals surface area contributed by atoms with Gasteiger partial charge in [-0.25, -0.2) is 4.98 Å². The Morgan fingerprint density at radius 2 is 2.18 bits per heavy atom. The number of pyridine rings is 2. The minimum atomic E-state index is 0.0264. The third-order valence-electron chi connectivity index (χ3n) is 3.58. The van der Waals surface area contributed by atoms with Crippen molar-refractivity contribution in [2.45, 2.75) is 13.0 Å². The minimum absolute atomic E-state index is 0.0264. The molecule has 0 amide bonds. The average Bonchev–Trinajstić information content (AvgIpc) is 2.52. The Labute approximate surface area is 142 Å². The monoisotopic (exact) mass is 385 g/mol. The largest absolute Gasteiger partial charge is 0.472 e. The molecule has 2 aromatic heterocycles. The average molecular weight is 387 g/mol. The van der Waals surface area contributed by atoms with Crippen LogP contribution in [0.25, 0.3) is 10.9 Å². The molecule has 1 fully saturated rings. The van der Waals surface area contributed by atoms with E-state index in [-0.39, 0.29) is 6.10 Å². The molecule has 118 valence electrons. The van der Waals surface area contributed by atoms with Gasteiger partial charge in [-0.05, 0) is 28.9 Å². The standard InChI is InChI=1S/C15H17BrClN3O2/c1-10(9-20-4-6-21-7-5-20)22-15-13(16)14-11(8-19-15)12(17)2-3-18-14/h2-3,8,10H,4-7,9H2,1H3. The number of morpholine rings is 1. The summed E-state index contributed by atoms with van der Waals surface area (Å²) in [6.45, 7) is 6.34. The summed E-state index contributed by atoms with van der Waals surface area (Å²) in [4.78, 5) is 11.0. The van der Waals surface area contributed by atoms with E-state index in [9.17, 15) is 0 Å². The second-order valence-corrected chi connectivity index (χ2v) is 6.47. The zero-order valence-corrected chi connectivity index (χ0v) is 14.6. The van der Waals surface area contributed by atoms with Crippen molar-refractivity contribution in [2.24, 2.45) is 0 Å². The topological polar surface area (TPSA) is 47.5 Å². The van der Waals surface area contributed by atoms with Crippen LogP contribution >= 0.6 is 27.5 Å². The van der Waals surface area contributed by atoms with Gasteiger partial charge in [0, 0.05) is 37.4 Å². The van der Waals surface area contributed by atoms with E-state index in [1.54, 1.807) is 18.5 Å². The number of ether oxygens (including phenoxy) is 2. The first-order chi connectivity index (χ1) is 10.6. The Bertz CT molecular complexity index is 665. The lowest BCUT2D eigenvalue weighted by Crippen LogP contribution is -2.41. The van der Waals surface area contributed by atoms with Gasteiger partial charge in [0.2, 0.25) is 5.88 Å². The van der Waals surface area contributed by atoms with Crippen LogP contribution in [0.1, 0.15) is 6.92 Å². The number of rotatable bonds is 4. The summed E-state index contributed by atoms with van der Waals surface area (Å²) in [5.41, 5.74) is 0.760. The van der Waals surface area contributed by atoms with Crippen molar-refractivity contribution < 1.29 is 9.47 Å². The van der Waals surface area contributed by atoms with Crippen LogP contribution in [-0.2, 0) is 4.74 Å². The van der Waals surface area contributed by atoms with E-state index < -0.39 is 0 Å². The summed E-state index contributed by atoms with van der Waals surface area (Å²) >= 11 is 9.68. The molecule has 0 spiro atoms. The lowest BCUT2D eigenvalue weighted by atomic mass is 10.2. The molecular weight excluding hydrogens is 370 g/mol. The zero-order chi connectivity index (χ0) is 15.5. The highest BCUT2D eigenvalue weighted by Gasteiger charge is 2.17. The number of aromatic nitrogens is 2. The summed E-state index contributed by atoms with van der Waals surface area (Å²) in [7, 11) is 0. The van der Waals surface area contributed by atoms with Crippen LogP contribution < -0.4 is 4.74 Å². The Kier molecular flexibility index (Phi) is 5.13. The van der Waals surface area contributed by atoms with Gasteiger partial charge in [0.15, 0.2) is 0 Å². The lowest BCUT2D eigenvalue weighted by Gasteiger charge is -2.29. The van der Waals surface area contributed by atoms with Gasteiger partial charge in [-0.3, -0.25) is 9.88 Å². The van der Waals surface area contributed by atoms with Gasteiger partial charge in [0.1, 0.15) is 10.6 Å². The van der Waals surface area contributed by atoms with Crippen molar-refractivity contribution in [1.29, 1.82) is 0 Å². The van der Waals surface area contributed by atoms with Crippen molar-refractivity contribution in [3.05, 3.63) is 28.0 Å². The highest BCUT2D eigenvalue weighted by atomic mass is 79.9. The molecule has 0 aliphatic carbocycles. The van der Waals surface area contributed by atoms with Crippen LogP contribution in [0.3, 0.4) is 0 Å². The van der Waals surface area contributed by atoms with E-state index >= 15 is 0 Å². The molecule has 1 saturated heterocycles. The molecule has 0 N–H and O–H groups in total. The number of fused-ring (bicyclic) bond motifs is 1. The highest BCUT2D eigenvalue weighted by molar-refractivity contribution is 9.10. The van der Waals surface area contributed by atoms with Gasteiger partial charge >= 0.3 is 0 Å². The molecule has 0 radical (unpaired) electrons. The lowest BCUT2D eigenvalue weighted by molar-refractivity contribution is 0.0212. The number of halogens is 2. The predicted octanol–water partition coefficient (Wildman–Crippen LogP) is 3.15. The molecule has 0 bridgehead atoms. The quantitative estimate of drug-likeness (QED) is 0.808. The van der Waals surface area contributed by atoms with E-state index in [1.165, 1.54) is 0 Å². The first-order valence-corrected chi connectivity index (χ1v) is 8.37. The fourth-order valence-corrected chi connectivity index (χ4v) is 3.19. The maximum atomic E-state index is 6.16. The highest BCUT2D eigenvalue weighted by Crippen LogP contribution is 2.33. The second-order valence-electron chi connectivity index (χ2n) is 5.27. The van der Waals surface area contributed by atoms with Crippen molar-refractivity contribution in [2.75, 3.05) is 32.8 Å². The number of hydrogen-bond donors (Lipinski definition) is 0. The van der Waals surface area contributed by atoms with E-state index in [4.69, 9.17) is 21.1 Å². The van der Waals surface area contributed by atoms with Gasteiger partial charge in [-0.15, -0.1) is 0 Å². The third kappa shape index (κ3) is 3.51. The number of nitrogens with zero attached hydrogens (tertiary/aromatic N) is 3. The van der Waals surface area contributed by atoms with Crippen LogP contribution in [0, 0.1) is 0 Å². The Balaban J connectivity index is 1.74. The first kappa shape index (κ1) is 15.9. The van der Waals surface area contributed by atoms with Crippen molar-refractivity contribution in [3.8, 4) is 5.88 Å². The van der Waals surface area contributed by atoms with Gasteiger partial charge in [0.05, 0.1) is 23.8 Å². The van der Waals surface area contributed by atoms with Crippen LogP contribution in [0.5, 0.6) is 5.88 Å². The molecule has 3 rings (SSSR count). The SMILES string of the molecule is CC(CN1CCOCC1)Oc1ncc2c(Cl)ccnc2c1Br. The summed E-state index contributed by atoms with van der Waals surface area (Å²) < 4.78 is 12.1. The molecule has 3 heterocycles. The van der Waals surface area contributed by atoms with Crippen molar-refractivity contribution in [3.63, 3.8) is 0 Å². The maximum absolute atomic E-state index is 6.16. The summed E-state index contributed by atoms with van der Waals surface area (Å²) in [5, 5.41) is 1.44. The normalized spacial score (nSPS) is 17.6. The zero-order valence-electron chi connectivity index (χ0n) is 12.3. The smallest absolute Gasteiger partial charge is 0.230 e. The van der Waals surface area contributed by atoms with Crippen molar-refractivity contribution in [1.82, 2.24) is 14.9 Å². The van der Waals surface area contributed by atoms with Crippen LogP contribution in [-0.4, -0.2) is 53.8 Å². The fraction of sp³-hybridized carbons (Fsp3) is 0.467. The molecule has 0 aromatic carbocycles. The fourth-order valence-electron chi connectivity index (χ4n) is 2.49. The molecule has 22 heavy (non-hydrogen) atoms. The summed E-state index contributed by atoms with van der Waals surface area (Å²) in [6.07, 6.45) is 3.40. The van der Waals surface area contributed by atoms with Gasteiger partial charge in [-0.1, -0.05) is 11.6 Å². The minimum Gasteiger partial charge on any atom is -0.472 e. The molecule has 1 unspecified atom stereocenters. The van der Waals surface area contributed by atoms with E-state index in [1.807, 2.05) is 6.92 Å². The van der Waals surface area contributed by atoms with E-state index in [2.05, 4.69) is 30.8 Å². The van der Waals surface area contributed by atoms with Crippen LogP contribution in [0.4, 0.5) is 0 Å². The maximum Gasteiger partial charge on any atom is 0.230 e. The molecular formula is C15H17BrClN3O2. The molecule has 5 nitrogen and oxygen atoms in total. The van der Waals surface area contributed by atoms with Gasteiger partial charge in [-0.2, -0.15) is 0 Å². The van der Waals surface area contributed by atoms with E-state index in [0.29, 0.717) is 10.9 Å². The third-order valence-corrected chi connectivity index (χ3v) is 4.62. The summed E-state index contributed by atoms with van der Waals surface area (Å²) in [5.74, 6) is 0.544. The first-order valence-electron chi connectivity index (χ1n) is 7.20. The molecule has 1 aliphatic heterocycles. The van der Waals surface area contributed by atoms with Gasteiger partial charge in [0.25, 0.3) is 0 Å². The predicted molar refractivity (Wildman–Crippen MR) is 89.6 cm³/mol. The van der Waals surface area contributed by atoms with E-state index in [0.717, 1.165) is 48.2 Å². The van der Waals surface area contributed by atoms with Crippen LogP contribution in [0.15, 0.2) is 22.9 Å². The molecule has 1 aliphatic rings. The van der Waals surface area contributed by atoms with Crippen molar-refractivity contribution >= 4 is 38.4 Å². The summed E-state index contributed by atoms with van der Waals surface area (Å²) in [6, 6.07) is 1.75. The van der Waals surface area contributed by atoms with Gasteiger partial charge < -0.3 is 9.47 Å².